The summed E-state index contributed by atoms with van der Waals surface area (Å²) in [7, 11) is 0. The normalized spacial score (nSPS) is 25.9. The van der Waals surface area contributed by atoms with Crippen molar-refractivity contribution in [3.63, 3.8) is 0 Å². The first kappa shape index (κ1) is 11.9. The molecule has 2 atom stereocenters. The van der Waals surface area contributed by atoms with E-state index in [0.29, 0.717) is 12.5 Å². The average molecular weight is 331 g/mol. The third kappa shape index (κ3) is 2.38. The van der Waals surface area contributed by atoms with Crippen LogP contribution < -0.4 is 0 Å². The second kappa shape index (κ2) is 5.14. The lowest BCUT2D eigenvalue weighted by Gasteiger charge is -2.34. The zero-order chi connectivity index (χ0) is 11.5. The van der Waals surface area contributed by atoms with Crippen LogP contribution in [0, 0.1) is 0 Å². The second-order valence-corrected chi connectivity index (χ2v) is 5.52. The van der Waals surface area contributed by atoms with E-state index >= 15 is 0 Å². The highest BCUT2D eigenvalue weighted by molar-refractivity contribution is 14.1. The molecule has 0 bridgehead atoms. The maximum atomic E-state index is 11.7. The van der Waals surface area contributed by atoms with Crippen LogP contribution in [0.25, 0.3) is 0 Å². The van der Waals surface area contributed by atoms with Gasteiger partial charge in [0.05, 0.1) is 3.92 Å². The van der Waals surface area contributed by atoms with E-state index in [2.05, 4.69) is 34.7 Å². The van der Waals surface area contributed by atoms with Crippen molar-refractivity contribution in [2.24, 2.45) is 0 Å². The van der Waals surface area contributed by atoms with Crippen molar-refractivity contribution >= 4 is 28.5 Å². The van der Waals surface area contributed by atoms with Crippen molar-refractivity contribution in [3.8, 4) is 0 Å². The number of carbonyl (C=O) groups excluding carboxylic acids is 1. The molecule has 1 aliphatic heterocycles. The molecule has 0 radical (unpaired) electrons. The Morgan fingerprint density at radius 3 is 2.69 bits per heavy atom. The summed E-state index contributed by atoms with van der Waals surface area (Å²) in [6.07, 6.45) is 0.861. The standard InChI is InChI=1S/C12H14INO2/c13-11-6-10(7-14(8-15)12(11)16)9-4-2-1-3-5-9/h1-5,10-11,15H,6-8H2. The number of benzene rings is 1. The Labute approximate surface area is 109 Å². The summed E-state index contributed by atoms with van der Waals surface area (Å²) in [6, 6.07) is 10.2. The Bertz CT molecular complexity index is 369. The zero-order valence-corrected chi connectivity index (χ0v) is 11.0. The van der Waals surface area contributed by atoms with Gasteiger partial charge in [0.15, 0.2) is 0 Å². The summed E-state index contributed by atoms with van der Waals surface area (Å²) in [5.74, 6) is 0.392. The molecule has 3 nitrogen and oxygen atoms in total. The maximum absolute atomic E-state index is 11.7. The number of nitrogens with zero attached hydrogens (tertiary/aromatic N) is 1. The smallest absolute Gasteiger partial charge is 0.237 e. The molecular formula is C12H14INO2. The molecule has 1 heterocycles. The Morgan fingerprint density at radius 1 is 1.38 bits per heavy atom. The molecular weight excluding hydrogens is 317 g/mol. The van der Waals surface area contributed by atoms with Crippen molar-refractivity contribution in [3.05, 3.63) is 35.9 Å². The Balaban J connectivity index is 2.16. The van der Waals surface area contributed by atoms with Crippen molar-refractivity contribution < 1.29 is 9.90 Å². The predicted molar refractivity (Wildman–Crippen MR) is 70.4 cm³/mol. The summed E-state index contributed by atoms with van der Waals surface area (Å²) in [6.45, 7) is 0.445. The minimum absolute atomic E-state index is 0.0243. The Hall–Kier alpha value is -0.620. The highest BCUT2D eigenvalue weighted by atomic mass is 127. The predicted octanol–water partition coefficient (Wildman–Crippen LogP) is 1.76. The third-order valence-corrected chi connectivity index (χ3v) is 3.99. The van der Waals surface area contributed by atoms with E-state index in [1.807, 2.05) is 18.2 Å². The zero-order valence-electron chi connectivity index (χ0n) is 8.84. The molecule has 1 aliphatic rings. The molecule has 1 N–H and O–H groups in total. The summed E-state index contributed by atoms with van der Waals surface area (Å²) in [5, 5.41) is 9.15. The fourth-order valence-corrected chi connectivity index (χ4v) is 3.08. The SMILES string of the molecule is O=C1C(I)CC(c2ccccc2)CN1CO. The van der Waals surface area contributed by atoms with E-state index < -0.39 is 0 Å². The number of amides is 1. The van der Waals surface area contributed by atoms with E-state index in [9.17, 15) is 4.79 Å². The molecule has 1 saturated heterocycles. The number of aliphatic hydroxyl groups is 1. The van der Waals surface area contributed by atoms with Gasteiger partial charge in [0, 0.05) is 12.5 Å². The largest absolute Gasteiger partial charge is 0.376 e. The fourth-order valence-electron chi connectivity index (χ4n) is 2.07. The van der Waals surface area contributed by atoms with Crippen LogP contribution in [0.3, 0.4) is 0 Å². The minimum Gasteiger partial charge on any atom is -0.376 e. The second-order valence-electron chi connectivity index (χ2n) is 4.01. The maximum Gasteiger partial charge on any atom is 0.237 e. The van der Waals surface area contributed by atoms with Crippen LogP contribution in [-0.2, 0) is 4.79 Å². The quantitative estimate of drug-likeness (QED) is 0.663. The molecule has 1 aromatic rings. The first-order chi connectivity index (χ1) is 7.72. The van der Waals surface area contributed by atoms with Crippen LogP contribution in [0.5, 0.6) is 0 Å². The highest BCUT2D eigenvalue weighted by Crippen LogP contribution is 2.30. The van der Waals surface area contributed by atoms with Gasteiger partial charge in [-0.05, 0) is 12.0 Å². The molecule has 16 heavy (non-hydrogen) atoms. The molecule has 2 rings (SSSR count). The Morgan fingerprint density at radius 2 is 2.06 bits per heavy atom. The number of halogens is 1. The van der Waals surface area contributed by atoms with Crippen LogP contribution >= 0.6 is 22.6 Å². The van der Waals surface area contributed by atoms with E-state index in [1.165, 1.54) is 10.5 Å². The van der Waals surface area contributed by atoms with Gasteiger partial charge in [0.25, 0.3) is 0 Å². The third-order valence-electron chi connectivity index (χ3n) is 2.95. The molecule has 4 heteroatoms. The number of hydrogen-bond acceptors (Lipinski definition) is 2. The van der Waals surface area contributed by atoms with Crippen LogP contribution in [0.1, 0.15) is 17.9 Å². The van der Waals surface area contributed by atoms with Gasteiger partial charge in [-0.3, -0.25) is 4.79 Å². The van der Waals surface area contributed by atoms with Crippen LogP contribution in [0.2, 0.25) is 0 Å². The fraction of sp³-hybridized carbons (Fsp3) is 0.417. The average Bonchev–Trinajstić information content (AvgIpc) is 2.33. The van der Waals surface area contributed by atoms with Gasteiger partial charge < -0.3 is 10.0 Å². The molecule has 0 aromatic heterocycles. The molecule has 0 saturated carbocycles. The van der Waals surface area contributed by atoms with E-state index in [4.69, 9.17) is 5.11 Å². The lowest BCUT2D eigenvalue weighted by Crippen LogP contribution is -2.45. The van der Waals surface area contributed by atoms with Crippen molar-refractivity contribution in [1.29, 1.82) is 0 Å². The number of piperidine rings is 1. The first-order valence-electron chi connectivity index (χ1n) is 5.31. The lowest BCUT2D eigenvalue weighted by molar-refractivity contribution is -0.136. The molecule has 86 valence electrons. The summed E-state index contributed by atoms with van der Waals surface area (Å²) in [4.78, 5) is 13.2. The molecule has 1 aromatic carbocycles. The molecule has 2 unspecified atom stereocenters. The number of aliphatic hydroxyl groups excluding tert-OH is 1. The van der Waals surface area contributed by atoms with Crippen molar-refractivity contribution in [2.45, 2.75) is 16.3 Å². The molecule has 0 aliphatic carbocycles. The van der Waals surface area contributed by atoms with E-state index in [-0.39, 0.29) is 16.6 Å². The van der Waals surface area contributed by atoms with Gasteiger partial charge in [-0.25, -0.2) is 0 Å². The van der Waals surface area contributed by atoms with Gasteiger partial charge in [-0.15, -0.1) is 0 Å². The van der Waals surface area contributed by atoms with E-state index in [0.717, 1.165) is 6.42 Å². The summed E-state index contributed by atoms with van der Waals surface area (Å²) in [5.41, 5.74) is 1.25. The topological polar surface area (TPSA) is 40.5 Å². The van der Waals surface area contributed by atoms with Crippen molar-refractivity contribution in [1.82, 2.24) is 4.90 Å². The summed E-state index contributed by atoms with van der Waals surface area (Å²) < 4.78 is -0.0243. The van der Waals surface area contributed by atoms with Crippen molar-refractivity contribution in [2.75, 3.05) is 13.3 Å². The summed E-state index contributed by atoms with van der Waals surface area (Å²) >= 11 is 2.16. The molecule has 1 amide bonds. The number of rotatable bonds is 2. The highest BCUT2D eigenvalue weighted by Gasteiger charge is 2.32. The van der Waals surface area contributed by atoms with Gasteiger partial charge >= 0.3 is 0 Å². The molecule has 0 spiro atoms. The first-order valence-corrected chi connectivity index (χ1v) is 6.55. The monoisotopic (exact) mass is 331 g/mol. The van der Waals surface area contributed by atoms with Crippen LogP contribution in [0.4, 0.5) is 0 Å². The van der Waals surface area contributed by atoms with Crippen LogP contribution in [0.15, 0.2) is 30.3 Å². The van der Waals surface area contributed by atoms with Gasteiger partial charge in [-0.2, -0.15) is 0 Å². The minimum atomic E-state index is -0.179. The molecule has 1 fully saturated rings. The van der Waals surface area contributed by atoms with Gasteiger partial charge in [0.1, 0.15) is 6.73 Å². The number of carbonyl (C=O) groups is 1. The number of alkyl halides is 1. The lowest BCUT2D eigenvalue weighted by atomic mass is 9.90. The van der Waals surface area contributed by atoms with Crippen LogP contribution in [-0.4, -0.2) is 33.1 Å². The number of likely N-dealkylation sites (tertiary alicyclic amines) is 1. The van der Waals surface area contributed by atoms with Gasteiger partial charge in [-0.1, -0.05) is 52.9 Å². The number of hydrogen-bond donors (Lipinski definition) is 1. The van der Waals surface area contributed by atoms with E-state index in [1.54, 1.807) is 0 Å². The van der Waals surface area contributed by atoms with Gasteiger partial charge in [0.2, 0.25) is 5.91 Å². The Kier molecular flexibility index (Phi) is 3.81.